The minimum absolute atomic E-state index is 0.0535. The Bertz CT molecular complexity index is 721. The molecule has 7 nitrogen and oxygen atoms in total. The van der Waals surface area contributed by atoms with Gasteiger partial charge in [-0.05, 0) is 18.9 Å². The summed E-state index contributed by atoms with van der Waals surface area (Å²) in [6, 6.07) is 7.44. The zero-order valence-electron chi connectivity index (χ0n) is 13.0. The van der Waals surface area contributed by atoms with E-state index in [-0.39, 0.29) is 24.2 Å². The summed E-state index contributed by atoms with van der Waals surface area (Å²) in [5.41, 5.74) is 2.20. The number of carbonyl (C=O) groups is 2. The Labute approximate surface area is 134 Å². The van der Waals surface area contributed by atoms with Crippen molar-refractivity contribution in [1.82, 2.24) is 20.3 Å². The number of amides is 2. The first-order valence-electron chi connectivity index (χ1n) is 7.67. The van der Waals surface area contributed by atoms with Crippen molar-refractivity contribution in [3.8, 4) is 11.3 Å². The topological polar surface area (TPSA) is 88.9 Å². The van der Waals surface area contributed by atoms with Crippen LogP contribution in [0.2, 0.25) is 0 Å². The summed E-state index contributed by atoms with van der Waals surface area (Å²) in [7, 11) is 1.79. The molecule has 0 atom stereocenters. The number of para-hydroxylation sites is 1. The largest absolute Gasteiger partial charge is 0.355 e. The molecular weight excluding hydrogens is 294 g/mol. The lowest BCUT2D eigenvalue weighted by Gasteiger charge is -2.09. The lowest BCUT2D eigenvalue weighted by atomic mass is 10.1. The molecular formula is C16H19N5O2. The van der Waals surface area contributed by atoms with Gasteiger partial charge in [0.05, 0.1) is 11.9 Å². The molecule has 1 saturated carbocycles. The fourth-order valence-electron chi connectivity index (χ4n) is 2.29. The van der Waals surface area contributed by atoms with Crippen LogP contribution in [0.5, 0.6) is 0 Å². The summed E-state index contributed by atoms with van der Waals surface area (Å²) in [6.45, 7) is 0.356. The molecule has 0 spiro atoms. The monoisotopic (exact) mass is 313 g/mol. The fourth-order valence-corrected chi connectivity index (χ4v) is 2.29. The van der Waals surface area contributed by atoms with Gasteiger partial charge in [0.1, 0.15) is 5.69 Å². The van der Waals surface area contributed by atoms with E-state index < -0.39 is 0 Å². The van der Waals surface area contributed by atoms with Gasteiger partial charge in [0.25, 0.3) is 0 Å². The summed E-state index contributed by atoms with van der Waals surface area (Å²) >= 11 is 0. The molecule has 1 heterocycles. The first kappa shape index (κ1) is 15.2. The van der Waals surface area contributed by atoms with Crippen molar-refractivity contribution in [2.75, 3.05) is 11.9 Å². The van der Waals surface area contributed by atoms with E-state index in [1.165, 1.54) is 0 Å². The van der Waals surface area contributed by atoms with Crippen molar-refractivity contribution in [1.29, 1.82) is 0 Å². The summed E-state index contributed by atoms with van der Waals surface area (Å²) in [5.74, 6) is 0.0747. The van der Waals surface area contributed by atoms with Gasteiger partial charge in [-0.25, -0.2) is 0 Å². The van der Waals surface area contributed by atoms with Gasteiger partial charge in [-0.1, -0.05) is 23.4 Å². The molecule has 2 N–H and O–H groups in total. The third-order valence-electron chi connectivity index (χ3n) is 3.68. The van der Waals surface area contributed by atoms with Crippen molar-refractivity contribution >= 4 is 17.5 Å². The molecule has 0 unspecified atom stereocenters. The number of carbonyl (C=O) groups excluding carboxylic acids is 2. The van der Waals surface area contributed by atoms with E-state index in [9.17, 15) is 9.59 Å². The molecule has 1 aliphatic rings. The number of nitrogens with one attached hydrogen (secondary N) is 2. The number of benzene rings is 1. The first-order valence-corrected chi connectivity index (χ1v) is 7.67. The molecule has 2 amide bonds. The molecule has 23 heavy (non-hydrogen) atoms. The molecule has 0 aliphatic heterocycles. The Morgan fingerprint density at radius 1 is 1.30 bits per heavy atom. The summed E-state index contributed by atoms with van der Waals surface area (Å²) in [6.07, 6.45) is 3.96. The predicted molar refractivity (Wildman–Crippen MR) is 85.4 cm³/mol. The average molecular weight is 313 g/mol. The Morgan fingerprint density at radius 3 is 2.78 bits per heavy atom. The van der Waals surface area contributed by atoms with Crippen LogP contribution in [0.15, 0.2) is 30.5 Å². The van der Waals surface area contributed by atoms with Gasteiger partial charge in [0.2, 0.25) is 11.8 Å². The van der Waals surface area contributed by atoms with Crippen molar-refractivity contribution in [3.05, 3.63) is 30.5 Å². The number of aryl methyl sites for hydroxylation is 1. The normalized spacial score (nSPS) is 13.6. The van der Waals surface area contributed by atoms with E-state index in [4.69, 9.17) is 0 Å². The van der Waals surface area contributed by atoms with Gasteiger partial charge in [-0.2, -0.15) is 0 Å². The van der Waals surface area contributed by atoms with Crippen molar-refractivity contribution in [3.63, 3.8) is 0 Å². The van der Waals surface area contributed by atoms with Crippen LogP contribution in [-0.2, 0) is 16.6 Å². The average Bonchev–Trinajstić information content (AvgIpc) is 3.30. The maximum Gasteiger partial charge on any atom is 0.226 e. The van der Waals surface area contributed by atoms with E-state index in [1.807, 2.05) is 24.3 Å². The molecule has 1 aromatic carbocycles. The molecule has 3 rings (SSSR count). The van der Waals surface area contributed by atoms with E-state index >= 15 is 0 Å². The van der Waals surface area contributed by atoms with Crippen molar-refractivity contribution in [2.45, 2.75) is 19.3 Å². The minimum atomic E-state index is -0.141. The summed E-state index contributed by atoms with van der Waals surface area (Å²) < 4.78 is 1.61. The third kappa shape index (κ3) is 3.94. The second kappa shape index (κ2) is 6.60. The fraction of sp³-hybridized carbons (Fsp3) is 0.375. The van der Waals surface area contributed by atoms with Gasteiger partial charge in [0, 0.05) is 31.5 Å². The highest BCUT2D eigenvalue weighted by atomic mass is 16.2. The quantitative estimate of drug-likeness (QED) is 0.842. The second-order valence-electron chi connectivity index (χ2n) is 5.69. The number of aromatic nitrogens is 3. The SMILES string of the molecule is Cn1cc(-c2ccccc2NC(=O)CCNC(=O)C2CC2)nn1. The van der Waals surface area contributed by atoms with Crippen LogP contribution in [0.4, 0.5) is 5.69 Å². The smallest absolute Gasteiger partial charge is 0.226 e. The van der Waals surface area contributed by atoms with Crippen molar-refractivity contribution < 1.29 is 9.59 Å². The minimum Gasteiger partial charge on any atom is -0.355 e. The Hall–Kier alpha value is -2.70. The number of hydrogen-bond acceptors (Lipinski definition) is 4. The van der Waals surface area contributed by atoms with Crippen LogP contribution in [0.25, 0.3) is 11.3 Å². The number of anilines is 1. The van der Waals surface area contributed by atoms with Gasteiger partial charge >= 0.3 is 0 Å². The van der Waals surface area contributed by atoms with Crippen LogP contribution in [0, 0.1) is 5.92 Å². The molecule has 1 aromatic heterocycles. The van der Waals surface area contributed by atoms with E-state index in [0.717, 1.165) is 18.4 Å². The van der Waals surface area contributed by atoms with E-state index in [0.29, 0.717) is 17.9 Å². The zero-order valence-corrected chi connectivity index (χ0v) is 13.0. The Kier molecular flexibility index (Phi) is 4.36. The van der Waals surface area contributed by atoms with E-state index in [1.54, 1.807) is 17.9 Å². The maximum absolute atomic E-state index is 12.1. The Morgan fingerprint density at radius 2 is 2.09 bits per heavy atom. The van der Waals surface area contributed by atoms with Gasteiger partial charge < -0.3 is 10.6 Å². The van der Waals surface area contributed by atoms with Crippen LogP contribution >= 0.6 is 0 Å². The highest BCUT2D eigenvalue weighted by Crippen LogP contribution is 2.28. The van der Waals surface area contributed by atoms with Gasteiger partial charge in [-0.3, -0.25) is 14.3 Å². The maximum atomic E-state index is 12.1. The first-order chi connectivity index (χ1) is 11.1. The molecule has 0 radical (unpaired) electrons. The number of nitrogens with zero attached hydrogens (tertiary/aromatic N) is 3. The molecule has 120 valence electrons. The number of hydrogen-bond donors (Lipinski definition) is 2. The van der Waals surface area contributed by atoms with Crippen LogP contribution in [-0.4, -0.2) is 33.4 Å². The zero-order chi connectivity index (χ0) is 16.2. The van der Waals surface area contributed by atoms with Crippen LogP contribution < -0.4 is 10.6 Å². The third-order valence-corrected chi connectivity index (χ3v) is 3.68. The van der Waals surface area contributed by atoms with E-state index in [2.05, 4.69) is 20.9 Å². The van der Waals surface area contributed by atoms with Gasteiger partial charge in [-0.15, -0.1) is 5.10 Å². The lowest BCUT2D eigenvalue weighted by Crippen LogP contribution is -2.28. The standard InChI is InChI=1S/C16H19N5O2/c1-21-10-14(19-20-21)12-4-2-3-5-13(12)18-15(22)8-9-17-16(23)11-6-7-11/h2-5,10-11H,6-9H2,1H3,(H,17,23)(H,18,22). The highest BCUT2D eigenvalue weighted by molar-refractivity contribution is 5.95. The molecule has 0 saturated heterocycles. The van der Waals surface area contributed by atoms with Gasteiger partial charge in [0.15, 0.2) is 0 Å². The Balaban J connectivity index is 1.58. The molecule has 1 aliphatic carbocycles. The van der Waals surface area contributed by atoms with Crippen LogP contribution in [0.3, 0.4) is 0 Å². The number of rotatable bonds is 6. The molecule has 7 heteroatoms. The van der Waals surface area contributed by atoms with Crippen LogP contribution in [0.1, 0.15) is 19.3 Å². The lowest BCUT2D eigenvalue weighted by molar-refractivity contribution is -0.122. The predicted octanol–water partition coefficient (Wildman–Crippen LogP) is 1.34. The molecule has 1 fully saturated rings. The molecule has 0 bridgehead atoms. The van der Waals surface area contributed by atoms with Crippen molar-refractivity contribution in [2.24, 2.45) is 13.0 Å². The molecule has 2 aromatic rings. The second-order valence-corrected chi connectivity index (χ2v) is 5.69. The highest BCUT2D eigenvalue weighted by Gasteiger charge is 2.29. The summed E-state index contributed by atoms with van der Waals surface area (Å²) in [5, 5.41) is 13.6. The summed E-state index contributed by atoms with van der Waals surface area (Å²) in [4.78, 5) is 23.6.